The van der Waals surface area contributed by atoms with Gasteiger partial charge in [0.25, 0.3) is 0 Å². The van der Waals surface area contributed by atoms with Gasteiger partial charge in [0, 0.05) is 39.9 Å². The molecule has 2 nitrogen and oxygen atoms in total. The number of rotatable bonds is 5. The number of fused-ring (bicyclic) bond motifs is 3. The molecule has 4 aromatic carbocycles. The Hall–Kier alpha value is -3.80. The van der Waals surface area contributed by atoms with Crippen LogP contribution >= 0.6 is 11.3 Å². The van der Waals surface area contributed by atoms with Crippen molar-refractivity contribution in [3.63, 3.8) is 0 Å². The van der Waals surface area contributed by atoms with Crippen LogP contribution in [0.2, 0.25) is 19.6 Å². The van der Waals surface area contributed by atoms with Crippen molar-refractivity contribution in [3.8, 4) is 22.5 Å². The second-order valence-corrected chi connectivity index (χ2v) is 17.9. The SMILES string of the molecule is C[Si](C)(C)c1ccc(-c2[c-]cccc2)nc1.[2H]C([2H])(c1cccc(C)c1)c1ccnc(-c2[c-]ccc3c2sc2ccc(F)cc23)c1.[Ir]. The minimum Gasteiger partial charge on any atom is -0.305 e. The fraction of sp³-hybridized carbons (Fsp3) is 0.128. The number of halogens is 1. The second kappa shape index (κ2) is 14.1. The molecule has 0 saturated carbocycles. The maximum absolute atomic E-state index is 13.8. The summed E-state index contributed by atoms with van der Waals surface area (Å²) in [5.41, 5.74) is 5.68. The summed E-state index contributed by atoms with van der Waals surface area (Å²) >= 11 is 1.57. The van der Waals surface area contributed by atoms with Crippen LogP contribution in [0.5, 0.6) is 0 Å². The van der Waals surface area contributed by atoms with Crippen molar-refractivity contribution in [2.75, 3.05) is 0 Å². The summed E-state index contributed by atoms with van der Waals surface area (Å²) < 4.78 is 33.2. The fourth-order valence-electron chi connectivity index (χ4n) is 4.99. The smallest absolute Gasteiger partial charge is 0.123 e. The van der Waals surface area contributed by atoms with Gasteiger partial charge in [-0.1, -0.05) is 73.1 Å². The zero-order valence-electron chi connectivity index (χ0n) is 27.5. The van der Waals surface area contributed by atoms with Crippen LogP contribution in [0.4, 0.5) is 4.39 Å². The second-order valence-electron chi connectivity index (χ2n) is 11.7. The molecule has 0 spiro atoms. The predicted molar refractivity (Wildman–Crippen MR) is 187 cm³/mol. The van der Waals surface area contributed by atoms with Crippen molar-refractivity contribution in [3.05, 3.63) is 150 Å². The Morgan fingerprint density at radius 1 is 0.800 bits per heavy atom. The Balaban J connectivity index is 0.000000217. The summed E-state index contributed by atoms with van der Waals surface area (Å²) in [6.07, 6.45) is 2.00. The molecule has 0 unspecified atom stereocenters. The van der Waals surface area contributed by atoms with Gasteiger partial charge >= 0.3 is 0 Å². The molecule has 0 aliphatic rings. The van der Waals surface area contributed by atoms with Crippen LogP contribution in [0.25, 0.3) is 42.7 Å². The molecular weight excluding hydrogens is 768 g/mol. The zero-order chi connectivity index (χ0) is 32.5. The molecule has 7 rings (SSSR count). The van der Waals surface area contributed by atoms with Crippen LogP contribution in [0.3, 0.4) is 0 Å². The number of pyridine rings is 2. The minimum absolute atomic E-state index is 0. The van der Waals surface area contributed by atoms with Crippen LogP contribution in [-0.2, 0) is 26.5 Å². The van der Waals surface area contributed by atoms with E-state index in [4.69, 9.17) is 2.74 Å². The van der Waals surface area contributed by atoms with Gasteiger partial charge in [0.15, 0.2) is 0 Å². The number of nitrogens with zero attached hydrogens (tertiary/aromatic N) is 2. The third-order valence-corrected chi connectivity index (χ3v) is 10.6. The van der Waals surface area contributed by atoms with E-state index in [1.54, 1.807) is 47.9 Å². The molecule has 3 heterocycles. The molecule has 6 heteroatoms. The topological polar surface area (TPSA) is 25.8 Å². The standard InChI is InChI=1S/C25H17FNS.C14H16NSi.Ir/c1-16-4-2-5-17(12-16)13-18-10-11-27-23(14-18)21-7-3-6-20-22-15-19(26)8-9-24(22)28-25(20)21;1-16(2,3)13-9-10-14(15-11-13)12-7-5-4-6-8-12;/h2-6,8-12,14-15H,13H2,1H3;4-7,9-11H,1-3H3;/q2*-1;/i13D2;;. The van der Waals surface area contributed by atoms with Gasteiger partial charge in [-0.15, -0.1) is 59.7 Å². The molecule has 3 aromatic heterocycles. The van der Waals surface area contributed by atoms with E-state index in [1.165, 1.54) is 11.3 Å². The summed E-state index contributed by atoms with van der Waals surface area (Å²) in [7, 11) is -1.23. The van der Waals surface area contributed by atoms with Crippen LogP contribution < -0.4 is 5.19 Å². The largest absolute Gasteiger partial charge is 0.305 e. The Morgan fingerprint density at radius 2 is 1.64 bits per heavy atom. The number of benzene rings is 4. The monoisotopic (exact) mass is 803 g/mol. The first-order valence-corrected chi connectivity index (χ1v) is 18.8. The minimum atomic E-state index is -1.65. The predicted octanol–water partition coefficient (Wildman–Crippen LogP) is 10.0. The van der Waals surface area contributed by atoms with E-state index >= 15 is 0 Å². The molecule has 0 amide bonds. The molecular formula is C39H33FIrN2SSi-2. The van der Waals surface area contributed by atoms with Crippen molar-refractivity contribution < 1.29 is 27.2 Å². The van der Waals surface area contributed by atoms with Gasteiger partial charge in [-0.05, 0) is 75.3 Å². The first-order valence-electron chi connectivity index (χ1n) is 15.5. The van der Waals surface area contributed by atoms with Crippen molar-refractivity contribution in [1.82, 2.24) is 9.97 Å². The van der Waals surface area contributed by atoms with Crippen LogP contribution in [-0.4, -0.2) is 18.0 Å². The number of aromatic nitrogens is 2. The van der Waals surface area contributed by atoms with Crippen molar-refractivity contribution >= 4 is 44.8 Å². The normalized spacial score (nSPS) is 12.1. The van der Waals surface area contributed by atoms with Gasteiger partial charge in [0.05, 0.1) is 8.07 Å². The average Bonchev–Trinajstić information content (AvgIpc) is 3.43. The zero-order valence-corrected chi connectivity index (χ0v) is 29.7. The Morgan fingerprint density at radius 3 is 2.38 bits per heavy atom. The third-order valence-electron chi connectivity index (χ3n) is 7.33. The molecule has 0 bridgehead atoms. The van der Waals surface area contributed by atoms with Crippen molar-refractivity contribution in [2.24, 2.45) is 0 Å². The Kier molecular flexibility index (Phi) is 9.36. The van der Waals surface area contributed by atoms with Crippen LogP contribution in [0.15, 0.2) is 116 Å². The summed E-state index contributed by atoms with van der Waals surface area (Å²) in [5, 5.41) is 3.22. The van der Waals surface area contributed by atoms with Gasteiger partial charge in [0.2, 0.25) is 0 Å². The molecule has 227 valence electrons. The van der Waals surface area contributed by atoms with E-state index in [0.29, 0.717) is 16.8 Å². The van der Waals surface area contributed by atoms with Gasteiger partial charge in [0.1, 0.15) is 5.82 Å². The van der Waals surface area contributed by atoms with E-state index in [-0.39, 0.29) is 25.9 Å². The number of thiophene rings is 1. The average molecular weight is 803 g/mol. The van der Waals surface area contributed by atoms with E-state index in [9.17, 15) is 4.39 Å². The molecule has 0 fully saturated rings. The van der Waals surface area contributed by atoms with Gasteiger partial charge in [-0.3, -0.25) is 0 Å². The first-order chi connectivity index (χ1) is 22.0. The number of hydrogen-bond acceptors (Lipinski definition) is 3. The van der Waals surface area contributed by atoms with Crippen molar-refractivity contribution in [1.29, 1.82) is 0 Å². The summed E-state index contributed by atoms with van der Waals surface area (Å²) in [5.74, 6) is -0.261. The Labute approximate surface area is 286 Å². The maximum Gasteiger partial charge on any atom is 0.123 e. The summed E-state index contributed by atoms with van der Waals surface area (Å²) in [6.45, 7) is 8.95. The summed E-state index contributed by atoms with van der Waals surface area (Å²) in [4.78, 5) is 9.03. The third kappa shape index (κ3) is 7.71. The van der Waals surface area contributed by atoms with E-state index < -0.39 is 14.4 Å². The Bertz CT molecular complexity index is 2150. The van der Waals surface area contributed by atoms with Gasteiger partial charge < -0.3 is 9.97 Å². The van der Waals surface area contributed by atoms with E-state index in [2.05, 4.69) is 53.9 Å². The van der Waals surface area contributed by atoms with E-state index in [0.717, 1.165) is 42.6 Å². The molecule has 7 aromatic rings. The van der Waals surface area contributed by atoms with Crippen LogP contribution in [0.1, 0.15) is 19.4 Å². The molecule has 1 radical (unpaired) electrons. The molecule has 0 aliphatic heterocycles. The fourth-order valence-corrected chi connectivity index (χ4v) is 7.21. The van der Waals surface area contributed by atoms with Crippen LogP contribution in [0, 0.1) is 24.9 Å². The first kappa shape index (κ1) is 29.9. The van der Waals surface area contributed by atoms with Crippen molar-refractivity contribution in [2.45, 2.75) is 32.9 Å². The molecule has 0 N–H and O–H groups in total. The van der Waals surface area contributed by atoms with E-state index in [1.807, 2.05) is 67.7 Å². The quantitative estimate of drug-likeness (QED) is 0.128. The molecule has 0 saturated heterocycles. The molecule has 0 aliphatic carbocycles. The van der Waals surface area contributed by atoms with Gasteiger partial charge in [-0.2, -0.15) is 11.3 Å². The molecule has 0 atom stereocenters. The summed E-state index contributed by atoms with van der Waals surface area (Å²) in [6, 6.07) is 38.3. The number of hydrogen-bond donors (Lipinski definition) is 0. The maximum atomic E-state index is 13.8. The van der Waals surface area contributed by atoms with Gasteiger partial charge in [-0.25, -0.2) is 4.39 Å². The molecule has 45 heavy (non-hydrogen) atoms. The number of aryl methyl sites for hydroxylation is 1.